The van der Waals surface area contributed by atoms with E-state index in [-0.39, 0.29) is 5.75 Å². The topological polar surface area (TPSA) is 43.1 Å². The number of aromatic hydroxyl groups is 1. The first-order valence-electron chi connectivity index (χ1n) is 5.31. The molecule has 0 amide bonds. The zero-order chi connectivity index (χ0) is 12.1. The van der Waals surface area contributed by atoms with Gasteiger partial charge >= 0.3 is 0 Å². The van der Waals surface area contributed by atoms with E-state index in [2.05, 4.69) is 14.1 Å². The number of phenols is 1. The van der Waals surface area contributed by atoms with Gasteiger partial charge in [0, 0.05) is 6.42 Å². The number of methoxy groups -OCH3 is 2. The van der Waals surface area contributed by atoms with Gasteiger partial charge in [-0.2, -0.15) is 0 Å². The number of likely N-dealkylation sites (N-methyl/N-ethyl adjacent to an activating group) is 1. The van der Waals surface area contributed by atoms with E-state index in [1.807, 2.05) is 12.1 Å². The fraction of sp³-hybridized carbons (Fsp3) is 0.500. The summed E-state index contributed by atoms with van der Waals surface area (Å²) in [6, 6.07) is 3.70. The molecule has 0 atom stereocenters. The highest BCUT2D eigenvalue weighted by Crippen LogP contribution is 2.36. The first kappa shape index (κ1) is 12.6. The average Bonchev–Trinajstić information content (AvgIpc) is 2.27. The summed E-state index contributed by atoms with van der Waals surface area (Å²) in [5, 5.41) is 9.74. The van der Waals surface area contributed by atoms with Crippen LogP contribution in [0.25, 0.3) is 0 Å². The van der Waals surface area contributed by atoms with E-state index in [0.29, 0.717) is 11.5 Å². The predicted octanol–water partition coefficient (Wildman–Crippen LogP) is 0.0964. The highest BCUT2D eigenvalue weighted by molar-refractivity contribution is 5.52. The summed E-state index contributed by atoms with van der Waals surface area (Å²) >= 11 is 0. The van der Waals surface area contributed by atoms with E-state index in [1.54, 1.807) is 0 Å². The van der Waals surface area contributed by atoms with Crippen LogP contribution in [0.4, 0.5) is 0 Å². The molecule has 0 aliphatic carbocycles. The standard InChI is InChI=1S/C12H19NO3/c1-13(2)6-5-9-7-10(15-3)12(14)11(8-9)16-4/h7-8,14H,5-6H2,1-4H3/p+1. The van der Waals surface area contributed by atoms with Gasteiger partial charge in [0.05, 0.1) is 34.9 Å². The molecule has 0 radical (unpaired) electrons. The van der Waals surface area contributed by atoms with Crippen LogP contribution in [0, 0.1) is 0 Å². The third-order valence-corrected chi connectivity index (χ3v) is 2.45. The molecule has 16 heavy (non-hydrogen) atoms. The average molecular weight is 226 g/mol. The molecule has 1 aromatic rings. The van der Waals surface area contributed by atoms with Crippen molar-refractivity contribution in [3.05, 3.63) is 17.7 Å². The van der Waals surface area contributed by atoms with Crippen molar-refractivity contribution in [2.24, 2.45) is 0 Å². The molecule has 0 unspecified atom stereocenters. The van der Waals surface area contributed by atoms with Crippen LogP contribution < -0.4 is 14.4 Å². The van der Waals surface area contributed by atoms with Crippen LogP contribution in [0.15, 0.2) is 12.1 Å². The first-order valence-corrected chi connectivity index (χ1v) is 5.31. The van der Waals surface area contributed by atoms with Crippen molar-refractivity contribution in [3.63, 3.8) is 0 Å². The van der Waals surface area contributed by atoms with Crippen LogP contribution in [0.5, 0.6) is 17.2 Å². The Morgan fingerprint density at radius 2 is 1.62 bits per heavy atom. The molecule has 4 nitrogen and oxygen atoms in total. The maximum Gasteiger partial charge on any atom is 0.200 e. The van der Waals surface area contributed by atoms with Gasteiger partial charge in [-0.25, -0.2) is 0 Å². The Bertz CT molecular complexity index is 325. The minimum atomic E-state index is 0.0611. The molecule has 0 spiro atoms. The van der Waals surface area contributed by atoms with Gasteiger partial charge in [0.15, 0.2) is 11.5 Å². The van der Waals surface area contributed by atoms with Crippen LogP contribution in [-0.4, -0.2) is 40.0 Å². The van der Waals surface area contributed by atoms with Crippen molar-refractivity contribution >= 4 is 0 Å². The summed E-state index contributed by atoms with van der Waals surface area (Å²) < 4.78 is 10.2. The molecule has 0 bridgehead atoms. The van der Waals surface area contributed by atoms with Crippen molar-refractivity contribution in [1.82, 2.24) is 0 Å². The summed E-state index contributed by atoms with van der Waals surface area (Å²) in [7, 11) is 7.29. The third-order valence-electron chi connectivity index (χ3n) is 2.45. The zero-order valence-electron chi connectivity index (χ0n) is 10.3. The number of quaternary nitrogens is 1. The van der Waals surface area contributed by atoms with Gasteiger partial charge in [-0.3, -0.25) is 0 Å². The Kier molecular flexibility index (Phi) is 4.43. The normalized spacial score (nSPS) is 10.6. The number of hydrogen-bond acceptors (Lipinski definition) is 3. The van der Waals surface area contributed by atoms with E-state index in [9.17, 15) is 5.11 Å². The monoisotopic (exact) mass is 226 g/mol. The van der Waals surface area contributed by atoms with Crippen molar-refractivity contribution < 1.29 is 19.5 Å². The second-order valence-corrected chi connectivity index (χ2v) is 4.06. The third kappa shape index (κ3) is 3.03. The highest BCUT2D eigenvalue weighted by Gasteiger charge is 2.11. The van der Waals surface area contributed by atoms with Gasteiger partial charge in [0.1, 0.15) is 0 Å². The SMILES string of the molecule is COc1cc(CC[NH+](C)C)cc(OC)c1O. The van der Waals surface area contributed by atoms with Crippen LogP contribution in [0.3, 0.4) is 0 Å². The highest BCUT2D eigenvalue weighted by atomic mass is 16.5. The van der Waals surface area contributed by atoms with E-state index in [1.165, 1.54) is 19.1 Å². The molecule has 0 saturated heterocycles. The van der Waals surface area contributed by atoms with Gasteiger partial charge in [-0.1, -0.05) is 0 Å². The van der Waals surface area contributed by atoms with E-state index in [0.717, 1.165) is 18.5 Å². The molecule has 0 aliphatic rings. The van der Waals surface area contributed by atoms with Gasteiger partial charge in [-0.15, -0.1) is 0 Å². The second kappa shape index (κ2) is 5.61. The van der Waals surface area contributed by atoms with Crippen LogP contribution >= 0.6 is 0 Å². The molecule has 0 aliphatic heterocycles. The molecule has 1 aromatic carbocycles. The number of phenolic OH excluding ortho intramolecular Hbond substituents is 1. The summed E-state index contributed by atoms with van der Waals surface area (Å²) in [5.41, 5.74) is 1.10. The molecule has 0 fully saturated rings. The van der Waals surface area contributed by atoms with Crippen molar-refractivity contribution in [2.75, 3.05) is 34.9 Å². The lowest BCUT2D eigenvalue weighted by molar-refractivity contribution is -0.858. The number of ether oxygens (including phenoxy) is 2. The van der Waals surface area contributed by atoms with Crippen molar-refractivity contribution in [3.8, 4) is 17.2 Å². The number of nitrogens with one attached hydrogen (secondary N) is 1. The Labute approximate surface area is 96.4 Å². The van der Waals surface area contributed by atoms with E-state index >= 15 is 0 Å². The minimum Gasteiger partial charge on any atom is -0.502 e. The molecular weight excluding hydrogens is 206 g/mol. The lowest BCUT2D eigenvalue weighted by Gasteiger charge is -2.12. The summed E-state index contributed by atoms with van der Waals surface area (Å²) in [5.74, 6) is 0.983. The quantitative estimate of drug-likeness (QED) is 0.748. The molecule has 0 heterocycles. The number of hydrogen-bond donors (Lipinski definition) is 2. The van der Waals surface area contributed by atoms with Gasteiger partial charge in [0.2, 0.25) is 5.75 Å². The lowest BCUT2D eigenvalue weighted by Crippen LogP contribution is -3.05. The molecular formula is C12H20NO3+. The number of rotatable bonds is 5. The van der Waals surface area contributed by atoms with Gasteiger partial charge in [-0.05, 0) is 17.7 Å². The van der Waals surface area contributed by atoms with E-state index < -0.39 is 0 Å². The van der Waals surface area contributed by atoms with Crippen LogP contribution in [-0.2, 0) is 6.42 Å². The van der Waals surface area contributed by atoms with E-state index in [4.69, 9.17) is 9.47 Å². The smallest absolute Gasteiger partial charge is 0.200 e. The largest absolute Gasteiger partial charge is 0.502 e. The van der Waals surface area contributed by atoms with Crippen molar-refractivity contribution in [2.45, 2.75) is 6.42 Å². The second-order valence-electron chi connectivity index (χ2n) is 4.06. The predicted molar refractivity (Wildman–Crippen MR) is 62.6 cm³/mol. The van der Waals surface area contributed by atoms with Gasteiger partial charge < -0.3 is 19.5 Å². The molecule has 2 N–H and O–H groups in total. The fourth-order valence-corrected chi connectivity index (χ4v) is 1.49. The summed E-state index contributed by atoms with van der Waals surface area (Å²) in [6.07, 6.45) is 0.926. The maximum absolute atomic E-state index is 9.74. The lowest BCUT2D eigenvalue weighted by atomic mass is 10.1. The zero-order valence-corrected chi connectivity index (χ0v) is 10.3. The number of benzene rings is 1. The molecule has 0 saturated carbocycles. The Morgan fingerprint density at radius 1 is 1.12 bits per heavy atom. The first-order chi connectivity index (χ1) is 7.58. The maximum atomic E-state index is 9.74. The molecule has 1 rings (SSSR count). The van der Waals surface area contributed by atoms with Gasteiger partial charge in [0.25, 0.3) is 0 Å². The van der Waals surface area contributed by atoms with Crippen LogP contribution in [0.2, 0.25) is 0 Å². The minimum absolute atomic E-state index is 0.0611. The Hall–Kier alpha value is -1.42. The fourth-order valence-electron chi connectivity index (χ4n) is 1.49. The molecule has 0 aromatic heterocycles. The Balaban J connectivity index is 2.93. The Morgan fingerprint density at radius 3 is 2.00 bits per heavy atom. The van der Waals surface area contributed by atoms with Crippen molar-refractivity contribution in [1.29, 1.82) is 0 Å². The summed E-state index contributed by atoms with van der Waals surface area (Å²) in [4.78, 5) is 1.38. The molecule has 90 valence electrons. The molecule has 4 heteroatoms. The summed E-state index contributed by atoms with van der Waals surface area (Å²) in [6.45, 7) is 1.02. The van der Waals surface area contributed by atoms with Crippen LogP contribution in [0.1, 0.15) is 5.56 Å².